The third-order valence-electron chi connectivity index (χ3n) is 2.79. The Morgan fingerprint density at radius 3 is 2.52 bits per heavy atom. The molecule has 2 aromatic carbocycles. The van der Waals surface area contributed by atoms with E-state index in [0.717, 1.165) is 0 Å². The zero-order chi connectivity index (χ0) is 15.4. The summed E-state index contributed by atoms with van der Waals surface area (Å²) in [6.07, 6.45) is 1.47. The van der Waals surface area contributed by atoms with Crippen molar-refractivity contribution >= 4 is 35.1 Å². The average molecular weight is 326 g/mol. The standard InChI is InChI=1S/C15H13Cl2NO3/c1-20-11-3-4-13(14(7-11)21-2)18-8-9-5-10(16)6-12(17)15(9)19/h3-8,19H,1-2H3. The molecule has 0 aromatic heterocycles. The lowest BCUT2D eigenvalue weighted by Crippen LogP contribution is -1.88. The number of hydrogen-bond acceptors (Lipinski definition) is 4. The Labute approximate surface area is 132 Å². The Balaban J connectivity index is 2.38. The number of benzene rings is 2. The van der Waals surface area contributed by atoms with Crippen LogP contribution < -0.4 is 9.47 Å². The summed E-state index contributed by atoms with van der Waals surface area (Å²) in [7, 11) is 3.12. The number of aromatic hydroxyl groups is 1. The van der Waals surface area contributed by atoms with Crippen LogP contribution in [0.5, 0.6) is 17.2 Å². The molecular formula is C15H13Cl2NO3. The van der Waals surface area contributed by atoms with E-state index < -0.39 is 0 Å². The normalized spacial score (nSPS) is 10.9. The van der Waals surface area contributed by atoms with E-state index in [2.05, 4.69) is 4.99 Å². The molecule has 0 bridgehead atoms. The first kappa shape index (κ1) is 15.5. The number of nitrogens with zero attached hydrogens (tertiary/aromatic N) is 1. The summed E-state index contributed by atoms with van der Waals surface area (Å²) in [5, 5.41) is 10.5. The molecule has 0 aliphatic rings. The van der Waals surface area contributed by atoms with Gasteiger partial charge in [0.1, 0.15) is 22.9 Å². The SMILES string of the molecule is COc1ccc(N=Cc2cc(Cl)cc(Cl)c2O)c(OC)c1. The van der Waals surface area contributed by atoms with Crippen LogP contribution in [-0.2, 0) is 0 Å². The third kappa shape index (κ3) is 3.60. The van der Waals surface area contributed by atoms with Gasteiger partial charge >= 0.3 is 0 Å². The van der Waals surface area contributed by atoms with Crippen LogP contribution in [0.2, 0.25) is 10.0 Å². The fourth-order valence-corrected chi connectivity index (χ4v) is 2.22. The summed E-state index contributed by atoms with van der Waals surface area (Å²) in [5.41, 5.74) is 1.01. The summed E-state index contributed by atoms with van der Waals surface area (Å²) >= 11 is 11.8. The number of phenolic OH excluding ortho intramolecular Hbond substituents is 1. The first-order chi connectivity index (χ1) is 10.0. The third-order valence-corrected chi connectivity index (χ3v) is 3.29. The van der Waals surface area contributed by atoms with Gasteiger partial charge in [-0.1, -0.05) is 23.2 Å². The summed E-state index contributed by atoms with van der Waals surface area (Å²) in [6, 6.07) is 8.26. The summed E-state index contributed by atoms with van der Waals surface area (Å²) in [4.78, 5) is 4.28. The Bertz CT molecular complexity index is 687. The van der Waals surface area contributed by atoms with Gasteiger partial charge in [-0.05, 0) is 24.3 Å². The second-order valence-electron chi connectivity index (χ2n) is 4.12. The molecule has 1 N–H and O–H groups in total. The van der Waals surface area contributed by atoms with Gasteiger partial charge in [0.2, 0.25) is 0 Å². The minimum Gasteiger partial charge on any atom is -0.506 e. The zero-order valence-electron chi connectivity index (χ0n) is 11.4. The van der Waals surface area contributed by atoms with Gasteiger partial charge in [-0.25, -0.2) is 0 Å². The smallest absolute Gasteiger partial charge is 0.148 e. The van der Waals surface area contributed by atoms with E-state index in [9.17, 15) is 5.11 Å². The molecule has 0 atom stereocenters. The molecule has 0 saturated heterocycles. The number of ether oxygens (including phenoxy) is 2. The van der Waals surface area contributed by atoms with Crippen LogP contribution in [0.25, 0.3) is 0 Å². The lowest BCUT2D eigenvalue weighted by Gasteiger charge is -2.07. The van der Waals surface area contributed by atoms with Gasteiger partial charge in [-0.15, -0.1) is 0 Å². The maximum Gasteiger partial charge on any atom is 0.148 e. The lowest BCUT2D eigenvalue weighted by molar-refractivity contribution is 0.395. The Morgan fingerprint density at radius 1 is 1.10 bits per heavy atom. The fourth-order valence-electron chi connectivity index (χ4n) is 1.71. The predicted molar refractivity (Wildman–Crippen MR) is 84.9 cm³/mol. The van der Waals surface area contributed by atoms with E-state index in [0.29, 0.717) is 27.8 Å². The van der Waals surface area contributed by atoms with Gasteiger partial charge in [-0.2, -0.15) is 0 Å². The predicted octanol–water partition coefficient (Wildman–Crippen LogP) is 4.47. The fraction of sp³-hybridized carbons (Fsp3) is 0.133. The van der Waals surface area contributed by atoms with E-state index in [4.69, 9.17) is 32.7 Å². The van der Waals surface area contributed by atoms with Gasteiger partial charge in [0.25, 0.3) is 0 Å². The maximum atomic E-state index is 9.88. The van der Waals surface area contributed by atoms with E-state index in [-0.39, 0.29) is 10.8 Å². The van der Waals surface area contributed by atoms with Gasteiger partial charge < -0.3 is 14.6 Å². The Kier molecular flexibility index (Phi) is 4.94. The van der Waals surface area contributed by atoms with Crippen molar-refractivity contribution in [3.63, 3.8) is 0 Å². The van der Waals surface area contributed by atoms with E-state index in [1.165, 1.54) is 12.3 Å². The summed E-state index contributed by atoms with van der Waals surface area (Å²) < 4.78 is 10.4. The van der Waals surface area contributed by atoms with Crippen LogP contribution in [0.1, 0.15) is 5.56 Å². The zero-order valence-corrected chi connectivity index (χ0v) is 12.9. The molecule has 4 nitrogen and oxygen atoms in total. The molecular weight excluding hydrogens is 313 g/mol. The van der Waals surface area contributed by atoms with E-state index in [1.54, 1.807) is 38.5 Å². The van der Waals surface area contributed by atoms with Crippen LogP contribution in [0.3, 0.4) is 0 Å². The van der Waals surface area contributed by atoms with Crippen molar-refractivity contribution in [3.05, 3.63) is 45.9 Å². The molecule has 0 spiro atoms. The number of aliphatic imine (C=N–C) groups is 1. The molecule has 0 radical (unpaired) electrons. The topological polar surface area (TPSA) is 51.0 Å². The summed E-state index contributed by atoms with van der Waals surface area (Å²) in [5.74, 6) is 1.15. The Hall–Kier alpha value is -1.91. The van der Waals surface area contributed by atoms with Crippen molar-refractivity contribution < 1.29 is 14.6 Å². The van der Waals surface area contributed by atoms with Crippen molar-refractivity contribution in [2.24, 2.45) is 4.99 Å². The second-order valence-corrected chi connectivity index (χ2v) is 4.97. The van der Waals surface area contributed by atoms with Gasteiger partial charge in [-0.3, -0.25) is 4.99 Å². The highest BCUT2D eigenvalue weighted by Crippen LogP contribution is 2.33. The molecule has 6 heteroatoms. The van der Waals surface area contributed by atoms with Crippen molar-refractivity contribution in [1.82, 2.24) is 0 Å². The highest BCUT2D eigenvalue weighted by molar-refractivity contribution is 6.36. The highest BCUT2D eigenvalue weighted by atomic mass is 35.5. The number of phenols is 1. The first-order valence-electron chi connectivity index (χ1n) is 5.99. The van der Waals surface area contributed by atoms with Crippen LogP contribution in [-0.4, -0.2) is 25.5 Å². The number of rotatable bonds is 4. The largest absolute Gasteiger partial charge is 0.506 e. The molecule has 0 heterocycles. The number of methoxy groups -OCH3 is 2. The van der Waals surface area contributed by atoms with E-state index in [1.807, 2.05) is 0 Å². The quantitative estimate of drug-likeness (QED) is 0.844. The first-order valence-corrected chi connectivity index (χ1v) is 6.75. The van der Waals surface area contributed by atoms with Crippen molar-refractivity contribution in [3.8, 4) is 17.2 Å². The Morgan fingerprint density at radius 2 is 1.86 bits per heavy atom. The highest BCUT2D eigenvalue weighted by Gasteiger charge is 2.07. The number of halogens is 2. The molecule has 0 fully saturated rings. The second kappa shape index (κ2) is 6.70. The molecule has 0 aliphatic heterocycles. The minimum atomic E-state index is -0.0719. The monoisotopic (exact) mass is 325 g/mol. The van der Waals surface area contributed by atoms with Crippen molar-refractivity contribution in [2.45, 2.75) is 0 Å². The average Bonchev–Trinajstić information content (AvgIpc) is 2.49. The molecule has 2 aromatic rings. The molecule has 0 amide bonds. The molecule has 0 aliphatic carbocycles. The minimum absolute atomic E-state index is 0.0719. The van der Waals surface area contributed by atoms with E-state index >= 15 is 0 Å². The maximum absolute atomic E-state index is 9.88. The molecule has 2 rings (SSSR count). The molecule has 0 saturated carbocycles. The van der Waals surface area contributed by atoms with Crippen LogP contribution in [0.4, 0.5) is 5.69 Å². The van der Waals surface area contributed by atoms with Crippen LogP contribution in [0.15, 0.2) is 35.3 Å². The summed E-state index contributed by atoms with van der Waals surface area (Å²) in [6.45, 7) is 0. The molecule has 21 heavy (non-hydrogen) atoms. The number of hydrogen-bond donors (Lipinski definition) is 1. The van der Waals surface area contributed by atoms with Crippen molar-refractivity contribution in [2.75, 3.05) is 14.2 Å². The lowest BCUT2D eigenvalue weighted by atomic mass is 10.2. The molecule has 0 unspecified atom stereocenters. The van der Waals surface area contributed by atoms with Gasteiger partial charge in [0, 0.05) is 22.9 Å². The van der Waals surface area contributed by atoms with Crippen LogP contribution in [0, 0.1) is 0 Å². The van der Waals surface area contributed by atoms with Crippen molar-refractivity contribution in [1.29, 1.82) is 0 Å². The van der Waals surface area contributed by atoms with Crippen LogP contribution >= 0.6 is 23.2 Å². The molecule has 110 valence electrons. The van der Waals surface area contributed by atoms with Gasteiger partial charge in [0.05, 0.1) is 19.2 Å². The van der Waals surface area contributed by atoms with Gasteiger partial charge in [0.15, 0.2) is 0 Å².